The zero-order valence-corrected chi connectivity index (χ0v) is 20.8. The number of fused-ring (bicyclic) bond motifs is 2. The highest BCUT2D eigenvalue weighted by Gasteiger charge is 2.34. The Hall–Kier alpha value is -3.85. The molecule has 0 bridgehead atoms. The lowest BCUT2D eigenvalue weighted by molar-refractivity contribution is -0.141. The summed E-state index contributed by atoms with van der Waals surface area (Å²) in [5.74, 6) is 0.396. The van der Waals surface area contributed by atoms with Crippen LogP contribution in [0.25, 0.3) is 27.8 Å². The summed E-state index contributed by atoms with van der Waals surface area (Å²) in [5.41, 5.74) is 6.86. The summed E-state index contributed by atoms with van der Waals surface area (Å²) in [4.78, 5) is 12.9. The average Bonchev–Trinajstić information content (AvgIpc) is 3.50. The smallest absolute Gasteiger partial charge is 0.360 e. The molecule has 0 saturated carbocycles. The highest BCUT2D eigenvalue weighted by molar-refractivity contribution is 6.35. The largest absolute Gasteiger partial charge is 0.434 e. The quantitative estimate of drug-likeness (QED) is 0.288. The third-order valence-corrected chi connectivity index (χ3v) is 7.18. The molecule has 6 rings (SSSR count). The van der Waals surface area contributed by atoms with Crippen molar-refractivity contribution in [3.05, 3.63) is 88.1 Å². The van der Waals surface area contributed by atoms with E-state index >= 15 is 0 Å². The number of anilines is 1. The first kappa shape index (κ1) is 23.5. The number of H-pyrrole nitrogens is 1. The van der Waals surface area contributed by atoms with Gasteiger partial charge in [0.2, 0.25) is 0 Å². The number of halogens is 4. The monoisotopic (exact) mass is 522 g/mol. The minimum atomic E-state index is -4.53. The van der Waals surface area contributed by atoms with Crippen LogP contribution in [-0.2, 0) is 19.1 Å². The van der Waals surface area contributed by atoms with Crippen LogP contribution in [0.2, 0.25) is 5.02 Å². The molecule has 6 nitrogen and oxygen atoms in total. The first-order chi connectivity index (χ1) is 17.7. The normalized spacial score (nSPS) is 13.8. The molecule has 10 heteroatoms. The van der Waals surface area contributed by atoms with Gasteiger partial charge in [0, 0.05) is 42.2 Å². The van der Waals surface area contributed by atoms with Gasteiger partial charge in [-0.25, -0.2) is 14.6 Å². The number of aromatic nitrogens is 5. The van der Waals surface area contributed by atoms with Gasteiger partial charge in [0.15, 0.2) is 5.69 Å². The van der Waals surface area contributed by atoms with Crippen LogP contribution in [-0.4, -0.2) is 31.3 Å². The van der Waals surface area contributed by atoms with Crippen molar-refractivity contribution in [1.29, 1.82) is 0 Å². The van der Waals surface area contributed by atoms with E-state index in [9.17, 15) is 13.2 Å². The van der Waals surface area contributed by atoms with Crippen molar-refractivity contribution in [3.63, 3.8) is 0 Å². The Morgan fingerprint density at radius 3 is 2.49 bits per heavy atom. The molecular weight excluding hydrogens is 501 g/mol. The molecule has 4 heterocycles. The lowest BCUT2D eigenvalue weighted by Crippen LogP contribution is -2.31. The minimum Gasteiger partial charge on any atom is -0.360 e. The molecule has 0 atom stereocenters. The number of hydrogen-bond donors (Lipinski definition) is 1. The molecule has 5 aromatic rings. The molecule has 3 aromatic heterocycles. The summed E-state index contributed by atoms with van der Waals surface area (Å²) in [6.07, 6.45) is -0.0789. The fourth-order valence-electron chi connectivity index (χ4n) is 5.11. The number of aryl methyl sites for hydroxylation is 2. The second-order valence-electron chi connectivity index (χ2n) is 9.22. The van der Waals surface area contributed by atoms with Gasteiger partial charge in [-0.2, -0.15) is 18.3 Å². The summed E-state index contributed by atoms with van der Waals surface area (Å²) < 4.78 is 41.1. The number of hydrogen-bond acceptors (Lipinski definition) is 4. The number of nitrogens with one attached hydrogen (secondary N) is 1. The van der Waals surface area contributed by atoms with Gasteiger partial charge in [0.05, 0.1) is 40.0 Å². The zero-order chi connectivity index (χ0) is 25.9. The predicted molar refractivity (Wildman–Crippen MR) is 137 cm³/mol. The number of rotatable bonds is 3. The summed E-state index contributed by atoms with van der Waals surface area (Å²) in [6.45, 7) is 5.12. The van der Waals surface area contributed by atoms with E-state index in [4.69, 9.17) is 16.7 Å². The number of alkyl halides is 3. The average molecular weight is 523 g/mol. The number of aromatic amines is 1. The lowest BCUT2D eigenvalue weighted by Gasteiger charge is -2.28. The molecule has 0 radical (unpaired) electrons. The topological polar surface area (TPSA) is 62.6 Å². The minimum absolute atomic E-state index is 0.396. The van der Waals surface area contributed by atoms with E-state index in [1.165, 1.54) is 6.20 Å². The van der Waals surface area contributed by atoms with E-state index in [0.29, 0.717) is 30.4 Å². The van der Waals surface area contributed by atoms with E-state index in [0.717, 1.165) is 56.4 Å². The van der Waals surface area contributed by atoms with Crippen LogP contribution in [0.5, 0.6) is 0 Å². The third kappa shape index (κ3) is 3.94. The third-order valence-electron chi connectivity index (χ3n) is 6.87. The maximum absolute atomic E-state index is 13.0. The van der Waals surface area contributed by atoms with Crippen LogP contribution < -0.4 is 4.90 Å². The Labute approximate surface area is 215 Å². The first-order valence-electron chi connectivity index (χ1n) is 11.8. The molecule has 0 fully saturated rings. The van der Waals surface area contributed by atoms with Gasteiger partial charge in [-0.15, -0.1) is 0 Å². The van der Waals surface area contributed by atoms with Gasteiger partial charge in [-0.3, -0.25) is 0 Å². The Morgan fingerprint density at radius 1 is 1.00 bits per heavy atom. The molecule has 0 spiro atoms. The lowest BCUT2D eigenvalue weighted by atomic mass is 9.98. The standard InChI is InChI=1S/C27H22ClF3N6/c1-15-4-3-5-16(2)25(15)37-26(18-6-7-20(28)24-17(18)8-10-32-24)19-14-36(11-9-21(19)35-37)23-13-33-22(12-34-23)27(29,30)31/h3-8,10,12-13,32H,9,11,14H2,1-2H3. The highest BCUT2D eigenvalue weighted by Crippen LogP contribution is 2.40. The van der Waals surface area contributed by atoms with E-state index in [1.807, 2.05) is 40.0 Å². The van der Waals surface area contributed by atoms with Gasteiger partial charge in [0.1, 0.15) is 5.82 Å². The summed E-state index contributed by atoms with van der Waals surface area (Å²) >= 11 is 6.47. The fourth-order valence-corrected chi connectivity index (χ4v) is 5.32. The van der Waals surface area contributed by atoms with E-state index in [1.54, 1.807) is 0 Å². The molecule has 1 N–H and O–H groups in total. The molecule has 0 unspecified atom stereocenters. The van der Waals surface area contributed by atoms with Crippen LogP contribution in [0.1, 0.15) is 28.1 Å². The van der Waals surface area contributed by atoms with Crippen LogP contribution >= 0.6 is 11.6 Å². The molecular formula is C27H22ClF3N6. The van der Waals surface area contributed by atoms with Crippen molar-refractivity contribution in [2.75, 3.05) is 11.4 Å². The van der Waals surface area contributed by atoms with Crippen LogP contribution in [0, 0.1) is 13.8 Å². The van der Waals surface area contributed by atoms with E-state index < -0.39 is 11.9 Å². The van der Waals surface area contributed by atoms with Crippen LogP contribution in [0.3, 0.4) is 0 Å². The maximum Gasteiger partial charge on any atom is 0.434 e. The summed E-state index contributed by atoms with van der Waals surface area (Å²) in [6, 6.07) is 12.0. The van der Waals surface area contributed by atoms with Gasteiger partial charge >= 0.3 is 6.18 Å². The van der Waals surface area contributed by atoms with Crippen molar-refractivity contribution < 1.29 is 13.2 Å². The Bertz CT molecular complexity index is 1610. The maximum atomic E-state index is 13.0. The molecule has 37 heavy (non-hydrogen) atoms. The van der Waals surface area contributed by atoms with Crippen molar-refractivity contribution in [2.45, 2.75) is 33.0 Å². The van der Waals surface area contributed by atoms with Crippen molar-refractivity contribution in [2.24, 2.45) is 0 Å². The number of para-hydroxylation sites is 1. The van der Waals surface area contributed by atoms with E-state index in [-0.39, 0.29) is 0 Å². The first-order valence-corrected chi connectivity index (χ1v) is 12.2. The zero-order valence-electron chi connectivity index (χ0n) is 20.1. The van der Waals surface area contributed by atoms with Gasteiger partial charge < -0.3 is 9.88 Å². The highest BCUT2D eigenvalue weighted by atomic mass is 35.5. The molecule has 0 saturated heterocycles. The van der Waals surface area contributed by atoms with Crippen LogP contribution in [0.4, 0.5) is 19.0 Å². The second kappa shape index (κ2) is 8.62. The molecule has 188 valence electrons. The van der Waals surface area contributed by atoms with Crippen LogP contribution in [0.15, 0.2) is 55.0 Å². The number of nitrogens with zero attached hydrogens (tertiary/aromatic N) is 5. The molecule has 0 aliphatic carbocycles. The molecule has 1 aliphatic heterocycles. The fraction of sp³-hybridized carbons (Fsp3) is 0.222. The Morgan fingerprint density at radius 2 is 1.78 bits per heavy atom. The van der Waals surface area contributed by atoms with Crippen molar-refractivity contribution in [1.82, 2.24) is 24.7 Å². The SMILES string of the molecule is Cc1cccc(C)c1-n1nc2c(c1-c1ccc(Cl)c3[nH]ccc13)CN(c1cnc(C(F)(F)F)cn1)CC2. The van der Waals surface area contributed by atoms with Gasteiger partial charge in [0.25, 0.3) is 0 Å². The van der Waals surface area contributed by atoms with Gasteiger partial charge in [-0.1, -0.05) is 35.9 Å². The Balaban J connectivity index is 1.53. The Kier molecular flexibility index (Phi) is 5.49. The predicted octanol–water partition coefficient (Wildman–Crippen LogP) is 6.66. The molecule has 1 aliphatic rings. The van der Waals surface area contributed by atoms with Crippen molar-refractivity contribution in [3.8, 4) is 16.9 Å². The number of benzene rings is 2. The van der Waals surface area contributed by atoms with Crippen molar-refractivity contribution >= 4 is 28.3 Å². The summed E-state index contributed by atoms with van der Waals surface area (Å²) in [7, 11) is 0. The molecule has 2 aromatic carbocycles. The van der Waals surface area contributed by atoms with E-state index in [2.05, 4.69) is 40.9 Å². The summed E-state index contributed by atoms with van der Waals surface area (Å²) in [5, 5.41) is 6.66. The second-order valence-corrected chi connectivity index (χ2v) is 9.62. The van der Waals surface area contributed by atoms with Gasteiger partial charge in [-0.05, 0) is 37.1 Å². The molecule has 0 amide bonds.